The normalized spacial score (nSPS) is 14.2. The average Bonchev–Trinajstić information content (AvgIpc) is 2.59. The molecule has 1 aromatic carbocycles. The molecule has 2 amide bonds. The molecule has 1 fully saturated rings. The second-order valence-electron chi connectivity index (χ2n) is 5.40. The number of carbonyl (C=O) groups is 2. The van der Waals surface area contributed by atoms with E-state index < -0.39 is 17.6 Å². The van der Waals surface area contributed by atoms with Crippen molar-refractivity contribution in [3.8, 4) is 0 Å². The Hall–Kier alpha value is -1.71. The van der Waals surface area contributed by atoms with E-state index in [1.807, 2.05) is 0 Å². The lowest BCUT2D eigenvalue weighted by Crippen LogP contribution is -2.51. The number of rotatable bonds is 4. The van der Waals surface area contributed by atoms with Crippen LogP contribution in [0.2, 0.25) is 0 Å². The summed E-state index contributed by atoms with van der Waals surface area (Å²) < 4.78 is 38.3. The Bertz CT molecular complexity index is 609. The number of halogens is 5. The maximum absolute atomic E-state index is 12.8. The number of nitrogens with one attached hydrogen (secondary N) is 1. The summed E-state index contributed by atoms with van der Waals surface area (Å²) >= 11 is 0. The second kappa shape index (κ2) is 10.4. The number of hydrogen-bond acceptors (Lipinski definition) is 4. The fourth-order valence-corrected chi connectivity index (χ4v) is 2.45. The first-order valence-electron chi connectivity index (χ1n) is 7.48. The Balaban J connectivity index is 0.00000312. The quantitative estimate of drug-likeness (QED) is 0.774. The number of carbonyl (C=O) groups excluding carboxylic acids is 2. The zero-order valence-corrected chi connectivity index (χ0v) is 15.4. The van der Waals surface area contributed by atoms with Gasteiger partial charge in [-0.15, -0.1) is 24.8 Å². The van der Waals surface area contributed by atoms with Crippen molar-refractivity contribution in [2.24, 2.45) is 5.73 Å². The largest absolute Gasteiger partial charge is 0.416 e. The molecule has 0 aliphatic carbocycles. The molecule has 0 spiro atoms. The first kappa shape index (κ1) is 24.3. The van der Waals surface area contributed by atoms with Gasteiger partial charge in [0.25, 0.3) is 0 Å². The van der Waals surface area contributed by atoms with Gasteiger partial charge in [-0.25, -0.2) is 0 Å². The molecule has 148 valence electrons. The van der Waals surface area contributed by atoms with E-state index in [0.717, 1.165) is 12.1 Å². The van der Waals surface area contributed by atoms with Crippen LogP contribution in [0.1, 0.15) is 5.56 Å². The molecule has 11 heteroatoms. The van der Waals surface area contributed by atoms with Crippen molar-refractivity contribution in [3.05, 3.63) is 29.8 Å². The van der Waals surface area contributed by atoms with Crippen molar-refractivity contribution in [1.82, 2.24) is 10.2 Å². The van der Waals surface area contributed by atoms with Gasteiger partial charge in [0.05, 0.1) is 18.7 Å². The molecule has 2 rings (SSSR count). The third-order valence-electron chi connectivity index (χ3n) is 3.79. The van der Waals surface area contributed by atoms with Crippen LogP contribution in [0.5, 0.6) is 0 Å². The first-order chi connectivity index (χ1) is 11.3. The highest BCUT2D eigenvalue weighted by Crippen LogP contribution is 2.31. The summed E-state index contributed by atoms with van der Waals surface area (Å²) in [5.74, 6) is -0.647. The van der Waals surface area contributed by atoms with Gasteiger partial charge >= 0.3 is 6.18 Å². The minimum atomic E-state index is -4.38. The predicted molar refractivity (Wildman–Crippen MR) is 96.8 cm³/mol. The third kappa shape index (κ3) is 6.54. The number of anilines is 1. The topological polar surface area (TPSA) is 78.7 Å². The van der Waals surface area contributed by atoms with Crippen molar-refractivity contribution in [2.75, 3.05) is 44.2 Å². The summed E-state index contributed by atoms with van der Waals surface area (Å²) in [6.45, 7) is 1.31. The van der Waals surface area contributed by atoms with E-state index in [1.165, 1.54) is 6.07 Å². The van der Waals surface area contributed by atoms with Crippen LogP contribution in [0.4, 0.5) is 18.9 Å². The molecule has 1 saturated heterocycles. The molecule has 0 saturated carbocycles. The molecule has 0 bridgehead atoms. The molecular formula is C15H21Cl2F3N4O2. The highest BCUT2D eigenvalue weighted by molar-refractivity contribution is 5.86. The summed E-state index contributed by atoms with van der Waals surface area (Å²) in [5.41, 5.74) is 4.93. The maximum atomic E-state index is 12.8. The standard InChI is InChI=1S/C15H19F3N4O2.2ClH/c16-15(17,18)11-2-1-3-12(8-11)21-4-6-22(7-5-21)14(24)10-20-13(23)9-19;;/h1-3,8H,4-7,9-10,19H2,(H,20,23);2*1H. The molecule has 1 heterocycles. The van der Waals surface area contributed by atoms with Crippen LogP contribution in [-0.4, -0.2) is 56.0 Å². The van der Waals surface area contributed by atoms with Crippen LogP contribution in [0.15, 0.2) is 24.3 Å². The van der Waals surface area contributed by atoms with Gasteiger partial charge < -0.3 is 20.9 Å². The second-order valence-corrected chi connectivity index (χ2v) is 5.40. The van der Waals surface area contributed by atoms with Gasteiger partial charge in [0.1, 0.15) is 0 Å². The fraction of sp³-hybridized carbons (Fsp3) is 0.467. The van der Waals surface area contributed by atoms with Crippen LogP contribution in [0, 0.1) is 0 Å². The molecule has 1 aliphatic rings. The van der Waals surface area contributed by atoms with E-state index in [1.54, 1.807) is 15.9 Å². The fourth-order valence-electron chi connectivity index (χ4n) is 2.45. The minimum absolute atomic E-state index is 0. The monoisotopic (exact) mass is 416 g/mol. The van der Waals surface area contributed by atoms with Crippen molar-refractivity contribution >= 4 is 42.3 Å². The number of piperazine rings is 1. The summed E-state index contributed by atoms with van der Waals surface area (Å²) in [4.78, 5) is 26.4. The molecule has 6 nitrogen and oxygen atoms in total. The van der Waals surface area contributed by atoms with Crippen LogP contribution in [0.3, 0.4) is 0 Å². The Morgan fingerprint density at radius 3 is 2.27 bits per heavy atom. The van der Waals surface area contributed by atoms with Crippen LogP contribution in [0.25, 0.3) is 0 Å². The van der Waals surface area contributed by atoms with Crippen molar-refractivity contribution in [3.63, 3.8) is 0 Å². The van der Waals surface area contributed by atoms with E-state index in [-0.39, 0.29) is 43.8 Å². The van der Waals surface area contributed by atoms with Crippen LogP contribution in [-0.2, 0) is 15.8 Å². The zero-order chi connectivity index (χ0) is 17.7. The molecule has 26 heavy (non-hydrogen) atoms. The van der Waals surface area contributed by atoms with E-state index in [0.29, 0.717) is 31.9 Å². The van der Waals surface area contributed by atoms with Gasteiger partial charge in [0.15, 0.2) is 0 Å². The molecule has 0 radical (unpaired) electrons. The summed E-state index contributed by atoms with van der Waals surface area (Å²) in [7, 11) is 0. The van der Waals surface area contributed by atoms with Gasteiger partial charge in [-0.3, -0.25) is 9.59 Å². The maximum Gasteiger partial charge on any atom is 0.416 e. The van der Waals surface area contributed by atoms with Gasteiger partial charge in [-0.05, 0) is 18.2 Å². The highest BCUT2D eigenvalue weighted by Gasteiger charge is 2.31. The Kier molecular flexibility index (Phi) is 9.75. The molecule has 0 atom stereocenters. The smallest absolute Gasteiger partial charge is 0.368 e. The first-order valence-corrected chi connectivity index (χ1v) is 7.48. The van der Waals surface area contributed by atoms with Gasteiger partial charge in [0, 0.05) is 31.9 Å². The third-order valence-corrected chi connectivity index (χ3v) is 3.79. The molecule has 1 aromatic rings. The van der Waals surface area contributed by atoms with Crippen LogP contribution >= 0.6 is 24.8 Å². The number of hydrogen-bond donors (Lipinski definition) is 2. The number of nitrogens with two attached hydrogens (primary N) is 1. The Morgan fingerprint density at radius 1 is 1.12 bits per heavy atom. The molecule has 3 N–H and O–H groups in total. The summed E-state index contributed by atoms with van der Waals surface area (Å²) in [6, 6.07) is 5.13. The summed E-state index contributed by atoms with van der Waals surface area (Å²) in [6.07, 6.45) is -4.38. The van der Waals surface area contributed by atoms with E-state index in [9.17, 15) is 22.8 Å². The molecule has 0 aromatic heterocycles. The Labute approximate surface area is 161 Å². The molecule has 0 unspecified atom stereocenters. The lowest BCUT2D eigenvalue weighted by molar-refractivity contribution is -0.137. The van der Waals surface area contributed by atoms with Gasteiger partial charge in [-0.1, -0.05) is 6.07 Å². The minimum Gasteiger partial charge on any atom is -0.368 e. The van der Waals surface area contributed by atoms with Crippen molar-refractivity contribution in [1.29, 1.82) is 0 Å². The zero-order valence-electron chi connectivity index (χ0n) is 13.8. The van der Waals surface area contributed by atoms with Gasteiger partial charge in [0.2, 0.25) is 11.8 Å². The van der Waals surface area contributed by atoms with Crippen molar-refractivity contribution < 1.29 is 22.8 Å². The SMILES string of the molecule is Cl.Cl.NCC(=O)NCC(=O)N1CCN(c2cccc(C(F)(F)F)c2)CC1. The number of alkyl halides is 3. The van der Waals surface area contributed by atoms with E-state index in [4.69, 9.17) is 5.73 Å². The predicted octanol–water partition coefficient (Wildman–Crippen LogP) is 1.27. The average molecular weight is 417 g/mol. The lowest BCUT2D eigenvalue weighted by atomic mass is 10.1. The van der Waals surface area contributed by atoms with Crippen molar-refractivity contribution in [2.45, 2.75) is 6.18 Å². The van der Waals surface area contributed by atoms with Crippen LogP contribution < -0.4 is 16.0 Å². The van der Waals surface area contributed by atoms with E-state index >= 15 is 0 Å². The Morgan fingerprint density at radius 2 is 1.73 bits per heavy atom. The van der Waals surface area contributed by atoms with Gasteiger partial charge in [-0.2, -0.15) is 13.2 Å². The lowest BCUT2D eigenvalue weighted by Gasteiger charge is -2.36. The number of nitrogens with zero attached hydrogens (tertiary/aromatic N) is 2. The number of amides is 2. The highest BCUT2D eigenvalue weighted by atomic mass is 35.5. The number of benzene rings is 1. The summed E-state index contributed by atoms with van der Waals surface area (Å²) in [5, 5.41) is 2.40. The molecular weight excluding hydrogens is 396 g/mol. The molecule has 1 aliphatic heterocycles. The van der Waals surface area contributed by atoms with E-state index in [2.05, 4.69) is 5.32 Å².